The zero-order valence-electron chi connectivity index (χ0n) is 23.6. The molecule has 6 rings (SSSR count). The number of carboxylic acids is 1. The summed E-state index contributed by atoms with van der Waals surface area (Å²) in [5, 5.41) is 10.0. The SMILES string of the molecule is CCOC(=O)C1=C(c2ccccc2)N=c2s/c(=C\c3ccc(-c4cccc(C(=O)O)c4C)o3)c(=O)n2[C@H]1c1ccc(Cl)cc1. The maximum atomic E-state index is 14.1. The third kappa shape index (κ3) is 5.32. The second-order valence-electron chi connectivity index (χ2n) is 9.97. The van der Waals surface area contributed by atoms with Crippen LogP contribution in [0.5, 0.6) is 0 Å². The number of aromatic carboxylic acids is 1. The van der Waals surface area contributed by atoms with Crippen molar-refractivity contribution in [2.24, 2.45) is 4.99 Å². The van der Waals surface area contributed by atoms with Gasteiger partial charge in [0.1, 0.15) is 11.5 Å². The Morgan fingerprint density at radius 1 is 1.05 bits per heavy atom. The molecule has 5 aromatic rings. The number of ether oxygens (including phenoxy) is 1. The lowest BCUT2D eigenvalue weighted by Gasteiger charge is -2.25. The van der Waals surface area contributed by atoms with Crippen LogP contribution in [0.25, 0.3) is 23.1 Å². The lowest BCUT2D eigenvalue weighted by molar-refractivity contribution is -0.138. The first kappa shape index (κ1) is 29.1. The highest BCUT2D eigenvalue weighted by Gasteiger charge is 2.35. The van der Waals surface area contributed by atoms with Gasteiger partial charge in [-0.25, -0.2) is 14.6 Å². The van der Waals surface area contributed by atoms with Crippen molar-refractivity contribution in [3.63, 3.8) is 0 Å². The molecule has 1 aliphatic heterocycles. The molecule has 0 saturated heterocycles. The van der Waals surface area contributed by atoms with Crippen molar-refractivity contribution in [1.29, 1.82) is 0 Å². The van der Waals surface area contributed by atoms with Gasteiger partial charge in [-0.3, -0.25) is 9.36 Å². The number of esters is 1. The molecule has 0 spiro atoms. The number of halogens is 1. The first-order valence-corrected chi connectivity index (χ1v) is 14.9. The third-order valence-corrected chi connectivity index (χ3v) is 8.52. The number of aromatic nitrogens is 1. The number of carbonyl (C=O) groups is 2. The number of rotatable bonds is 7. The average Bonchev–Trinajstić information content (AvgIpc) is 3.61. The Balaban J connectivity index is 1.54. The molecule has 0 amide bonds. The van der Waals surface area contributed by atoms with E-state index in [2.05, 4.69) is 0 Å². The van der Waals surface area contributed by atoms with Crippen LogP contribution in [0.1, 0.15) is 45.8 Å². The molecule has 1 atom stereocenters. The fraction of sp³-hybridized carbons (Fsp3) is 0.118. The van der Waals surface area contributed by atoms with Crippen LogP contribution in [-0.2, 0) is 9.53 Å². The van der Waals surface area contributed by atoms with Crippen LogP contribution in [0.15, 0.2) is 105 Å². The summed E-state index contributed by atoms with van der Waals surface area (Å²) in [6.07, 6.45) is 1.62. The van der Waals surface area contributed by atoms with Crippen LogP contribution in [0.4, 0.5) is 0 Å². The fourth-order valence-corrected chi connectivity index (χ4v) is 6.35. The second kappa shape index (κ2) is 11.9. The standard InChI is InChI=1S/C34H25ClN2O6S/c1-3-42-33(41)28-29(20-8-5-4-6-9-20)36-34-37(30(28)21-12-14-22(35)15-13-21)31(38)27(44-34)18-23-16-17-26(43-23)24-10-7-11-25(19(24)2)32(39)40/h4-18,30H,3H2,1-2H3,(H,39,40)/b27-18-/t30-/m0/s1. The van der Waals surface area contributed by atoms with Crippen molar-refractivity contribution in [3.8, 4) is 11.3 Å². The number of benzene rings is 3. The van der Waals surface area contributed by atoms with Crippen LogP contribution in [0, 0.1) is 6.92 Å². The summed E-state index contributed by atoms with van der Waals surface area (Å²) in [6.45, 7) is 3.60. The third-order valence-electron chi connectivity index (χ3n) is 7.29. The van der Waals surface area contributed by atoms with Crippen LogP contribution in [0.2, 0.25) is 5.02 Å². The van der Waals surface area contributed by atoms with Gasteiger partial charge in [0.25, 0.3) is 5.56 Å². The van der Waals surface area contributed by atoms with Gasteiger partial charge in [-0.15, -0.1) is 0 Å². The highest BCUT2D eigenvalue weighted by atomic mass is 35.5. The molecule has 3 heterocycles. The van der Waals surface area contributed by atoms with Gasteiger partial charge in [-0.05, 0) is 55.3 Å². The van der Waals surface area contributed by atoms with E-state index in [-0.39, 0.29) is 23.3 Å². The van der Waals surface area contributed by atoms with Crippen molar-refractivity contribution in [1.82, 2.24) is 4.57 Å². The van der Waals surface area contributed by atoms with E-state index in [9.17, 15) is 19.5 Å². The van der Waals surface area contributed by atoms with Gasteiger partial charge < -0.3 is 14.3 Å². The number of nitrogens with zero attached hydrogens (tertiary/aromatic N) is 2. The fourth-order valence-electron chi connectivity index (χ4n) is 5.24. The number of fused-ring (bicyclic) bond motifs is 1. The van der Waals surface area contributed by atoms with E-state index >= 15 is 0 Å². The number of carbonyl (C=O) groups excluding carboxylic acids is 1. The minimum absolute atomic E-state index is 0.151. The summed E-state index contributed by atoms with van der Waals surface area (Å²) in [4.78, 5) is 44.5. The van der Waals surface area contributed by atoms with E-state index < -0.39 is 18.0 Å². The molecule has 0 aliphatic carbocycles. The number of hydrogen-bond acceptors (Lipinski definition) is 7. The Labute approximate surface area is 260 Å². The van der Waals surface area contributed by atoms with Gasteiger partial charge in [0, 0.05) is 22.2 Å². The van der Waals surface area contributed by atoms with Crippen molar-refractivity contribution in [2.75, 3.05) is 6.61 Å². The van der Waals surface area contributed by atoms with E-state index in [0.29, 0.717) is 53.8 Å². The van der Waals surface area contributed by atoms with Crippen molar-refractivity contribution < 1.29 is 23.8 Å². The number of carboxylic acid groups (broad SMARTS) is 1. The van der Waals surface area contributed by atoms with Crippen LogP contribution < -0.4 is 14.9 Å². The number of thiazole rings is 1. The quantitative estimate of drug-likeness (QED) is 0.227. The van der Waals surface area contributed by atoms with E-state index in [4.69, 9.17) is 25.7 Å². The largest absolute Gasteiger partial charge is 0.478 e. The minimum atomic E-state index is -1.02. The van der Waals surface area contributed by atoms with Gasteiger partial charge >= 0.3 is 11.9 Å². The first-order valence-electron chi connectivity index (χ1n) is 13.7. The molecule has 0 bridgehead atoms. The topological polar surface area (TPSA) is 111 Å². The average molecular weight is 625 g/mol. The molecule has 1 N–H and O–H groups in total. The van der Waals surface area contributed by atoms with Gasteiger partial charge in [-0.2, -0.15) is 0 Å². The highest BCUT2D eigenvalue weighted by Crippen LogP contribution is 2.35. The second-order valence-corrected chi connectivity index (χ2v) is 11.4. The lowest BCUT2D eigenvalue weighted by atomic mass is 9.93. The maximum absolute atomic E-state index is 14.1. The maximum Gasteiger partial charge on any atom is 0.338 e. The number of hydrogen-bond donors (Lipinski definition) is 1. The predicted molar refractivity (Wildman–Crippen MR) is 168 cm³/mol. The molecule has 0 unspecified atom stereocenters. The molecular formula is C34H25ClN2O6S. The molecular weight excluding hydrogens is 600 g/mol. The molecule has 3 aromatic carbocycles. The van der Waals surface area contributed by atoms with E-state index in [1.165, 1.54) is 22.0 Å². The van der Waals surface area contributed by atoms with E-state index in [1.54, 1.807) is 68.5 Å². The summed E-state index contributed by atoms with van der Waals surface area (Å²) in [6, 6.07) is 23.9. The van der Waals surface area contributed by atoms with Gasteiger partial charge in [0.15, 0.2) is 4.80 Å². The smallest absolute Gasteiger partial charge is 0.338 e. The molecule has 1 aliphatic rings. The summed E-state index contributed by atoms with van der Waals surface area (Å²) in [5.74, 6) is -0.718. The van der Waals surface area contributed by atoms with E-state index in [1.807, 2.05) is 30.3 Å². The van der Waals surface area contributed by atoms with E-state index in [0.717, 1.165) is 0 Å². The van der Waals surface area contributed by atoms with Gasteiger partial charge in [0.2, 0.25) is 0 Å². The molecule has 0 saturated carbocycles. The van der Waals surface area contributed by atoms with Crippen LogP contribution in [-0.4, -0.2) is 28.2 Å². The molecule has 220 valence electrons. The molecule has 8 nitrogen and oxygen atoms in total. The molecule has 0 radical (unpaired) electrons. The summed E-state index contributed by atoms with van der Waals surface area (Å²) >= 11 is 7.37. The number of furan rings is 1. The summed E-state index contributed by atoms with van der Waals surface area (Å²) < 4.78 is 13.4. The van der Waals surface area contributed by atoms with Crippen molar-refractivity contribution >= 4 is 46.6 Å². The lowest BCUT2D eigenvalue weighted by Crippen LogP contribution is -2.39. The monoisotopic (exact) mass is 624 g/mol. The van der Waals surface area contributed by atoms with Crippen LogP contribution >= 0.6 is 22.9 Å². The molecule has 10 heteroatoms. The molecule has 0 fully saturated rings. The van der Waals surface area contributed by atoms with Crippen molar-refractivity contribution in [3.05, 3.63) is 143 Å². The van der Waals surface area contributed by atoms with Crippen LogP contribution in [0.3, 0.4) is 0 Å². The summed E-state index contributed by atoms with van der Waals surface area (Å²) in [5.41, 5.74) is 3.08. The van der Waals surface area contributed by atoms with Gasteiger partial charge in [0.05, 0.1) is 34.0 Å². The van der Waals surface area contributed by atoms with Gasteiger partial charge in [-0.1, -0.05) is 77.5 Å². The Kier molecular flexibility index (Phi) is 7.90. The first-order chi connectivity index (χ1) is 21.3. The Morgan fingerprint density at radius 3 is 2.50 bits per heavy atom. The van der Waals surface area contributed by atoms with Crippen molar-refractivity contribution in [2.45, 2.75) is 19.9 Å². The zero-order chi connectivity index (χ0) is 31.0. The molecule has 2 aromatic heterocycles. The predicted octanol–water partition coefficient (Wildman–Crippen LogP) is 5.86. The Bertz CT molecular complexity index is 2120. The molecule has 44 heavy (non-hydrogen) atoms. The normalized spacial score (nSPS) is 14.7. The minimum Gasteiger partial charge on any atom is -0.478 e. The highest BCUT2D eigenvalue weighted by molar-refractivity contribution is 7.07. The zero-order valence-corrected chi connectivity index (χ0v) is 25.2. The Hall–Kier alpha value is -4.99. The summed E-state index contributed by atoms with van der Waals surface area (Å²) in [7, 11) is 0. The Morgan fingerprint density at radius 2 is 1.80 bits per heavy atom.